The van der Waals surface area contributed by atoms with Crippen molar-refractivity contribution in [3.8, 4) is 29.9 Å². The van der Waals surface area contributed by atoms with Crippen LogP contribution in [-0.2, 0) is 9.53 Å². The second-order valence-electron chi connectivity index (χ2n) is 6.71. The van der Waals surface area contributed by atoms with Gasteiger partial charge in [0.2, 0.25) is 5.44 Å². The second kappa shape index (κ2) is 9.50. The van der Waals surface area contributed by atoms with Crippen LogP contribution in [0.1, 0.15) is 25.0 Å². The minimum Gasteiger partial charge on any atom is -0.470 e. The Morgan fingerprint density at radius 3 is 2.79 bits per heavy atom. The topological polar surface area (TPSA) is 60.5 Å². The third-order valence-corrected chi connectivity index (χ3v) is 4.58. The maximum absolute atomic E-state index is 12.7. The molecule has 2 rings (SSSR count). The van der Waals surface area contributed by atoms with E-state index in [0.717, 1.165) is 16.5 Å². The van der Waals surface area contributed by atoms with Gasteiger partial charge < -0.3 is 14.8 Å². The molecule has 0 bridgehead atoms. The zero-order chi connectivity index (χ0) is 20.7. The largest absolute Gasteiger partial charge is 0.470 e. The van der Waals surface area contributed by atoms with Crippen molar-refractivity contribution in [3.63, 3.8) is 0 Å². The predicted molar refractivity (Wildman–Crippen MR) is 114 cm³/mol. The van der Waals surface area contributed by atoms with Gasteiger partial charge in [0, 0.05) is 24.3 Å². The van der Waals surface area contributed by atoms with Gasteiger partial charge >= 0.3 is 0 Å². The summed E-state index contributed by atoms with van der Waals surface area (Å²) in [6.07, 6.45) is 8.95. The average molecular weight is 397 g/mol. The van der Waals surface area contributed by atoms with E-state index >= 15 is 0 Å². The molecule has 1 aromatic heterocycles. The van der Waals surface area contributed by atoms with Gasteiger partial charge in [-0.1, -0.05) is 17.8 Å². The Labute approximate surface area is 170 Å². The summed E-state index contributed by atoms with van der Waals surface area (Å²) >= 11 is 1.31. The summed E-state index contributed by atoms with van der Waals surface area (Å²) < 4.78 is 10.9. The molecule has 0 saturated carbocycles. The molecule has 1 N–H and O–H groups in total. The van der Waals surface area contributed by atoms with Crippen LogP contribution in [0.2, 0.25) is 0 Å². The van der Waals surface area contributed by atoms with Crippen LogP contribution in [0.4, 0.5) is 0 Å². The van der Waals surface area contributed by atoms with Crippen LogP contribution in [0.15, 0.2) is 24.4 Å². The number of nitrogens with zero attached hydrogens (tertiary/aromatic N) is 1. The van der Waals surface area contributed by atoms with Gasteiger partial charge in [0.1, 0.15) is 12.4 Å². The molecule has 5 nitrogen and oxygen atoms in total. The van der Waals surface area contributed by atoms with Crippen molar-refractivity contribution >= 4 is 28.6 Å². The Morgan fingerprint density at radius 2 is 2.14 bits per heavy atom. The third-order valence-electron chi connectivity index (χ3n) is 3.84. The summed E-state index contributed by atoms with van der Waals surface area (Å²) in [7, 11) is 1.57. The molecule has 1 atom stereocenters. The number of carbonyl (C=O) groups excluding carboxylic acids is 1. The van der Waals surface area contributed by atoms with E-state index in [4.69, 9.17) is 15.9 Å². The van der Waals surface area contributed by atoms with E-state index in [0.29, 0.717) is 17.9 Å². The monoisotopic (exact) mass is 396 g/mol. The number of thioether (sulfide) groups is 1. The number of terminal acetylenes is 1. The van der Waals surface area contributed by atoms with E-state index in [1.54, 1.807) is 13.3 Å². The molecule has 6 heteroatoms. The van der Waals surface area contributed by atoms with Crippen molar-refractivity contribution in [1.82, 2.24) is 10.3 Å². The normalized spacial score (nSPS) is 11.9. The van der Waals surface area contributed by atoms with Gasteiger partial charge in [0.15, 0.2) is 0 Å². The quantitative estimate of drug-likeness (QED) is 0.600. The van der Waals surface area contributed by atoms with Gasteiger partial charge in [-0.2, -0.15) is 0 Å². The molecule has 0 spiro atoms. The summed E-state index contributed by atoms with van der Waals surface area (Å²) in [5.74, 6) is 8.76. The minimum atomic E-state index is -0.718. The Kier molecular flexibility index (Phi) is 7.34. The molecule has 1 aromatic carbocycles. The lowest BCUT2D eigenvalue weighted by Crippen LogP contribution is -2.47. The number of aromatic nitrogens is 1. The maximum Gasteiger partial charge on any atom is 0.272 e. The van der Waals surface area contributed by atoms with Crippen LogP contribution in [0.25, 0.3) is 10.9 Å². The highest BCUT2D eigenvalue weighted by molar-refractivity contribution is 7.99. The van der Waals surface area contributed by atoms with Gasteiger partial charge in [-0.15, -0.1) is 18.2 Å². The highest BCUT2D eigenvalue weighted by Crippen LogP contribution is 2.26. The number of carbonyl (C=O) groups is 1. The van der Waals surface area contributed by atoms with Crippen LogP contribution >= 0.6 is 11.8 Å². The fourth-order valence-electron chi connectivity index (χ4n) is 2.60. The number of rotatable bonds is 6. The van der Waals surface area contributed by atoms with Gasteiger partial charge in [-0.05, 0) is 50.8 Å². The molecule has 1 unspecified atom stereocenters. The van der Waals surface area contributed by atoms with E-state index in [2.05, 4.69) is 28.1 Å². The summed E-state index contributed by atoms with van der Waals surface area (Å²) in [4.78, 5) is 17.1. The first-order valence-corrected chi connectivity index (χ1v) is 9.96. The van der Waals surface area contributed by atoms with Gasteiger partial charge in [0.05, 0.1) is 11.1 Å². The number of pyridine rings is 1. The smallest absolute Gasteiger partial charge is 0.272 e. The van der Waals surface area contributed by atoms with Crippen molar-refractivity contribution in [1.29, 1.82) is 0 Å². The minimum absolute atomic E-state index is 0.252. The number of hydrogen-bond donors (Lipinski definition) is 1. The lowest BCUT2D eigenvalue weighted by atomic mass is 10.1. The van der Waals surface area contributed by atoms with Crippen molar-refractivity contribution in [3.05, 3.63) is 35.5 Å². The Hall–Kier alpha value is -2.67. The molecule has 146 valence electrons. The molecule has 28 heavy (non-hydrogen) atoms. The van der Waals surface area contributed by atoms with Crippen molar-refractivity contribution in [2.24, 2.45) is 0 Å². The van der Waals surface area contributed by atoms with E-state index in [9.17, 15) is 4.79 Å². The molecular weight excluding hydrogens is 372 g/mol. The Bertz CT molecular complexity index is 967. The summed E-state index contributed by atoms with van der Waals surface area (Å²) in [5.41, 5.74) is 1.08. The van der Waals surface area contributed by atoms with Crippen LogP contribution in [0, 0.1) is 31.1 Å². The highest BCUT2D eigenvalue weighted by Gasteiger charge is 2.25. The lowest BCUT2D eigenvalue weighted by molar-refractivity contribution is -0.125. The molecular formula is C22H24N2O3S. The number of benzene rings is 1. The van der Waals surface area contributed by atoms with Crippen LogP contribution < -0.4 is 10.1 Å². The van der Waals surface area contributed by atoms with Crippen molar-refractivity contribution in [2.45, 2.75) is 31.7 Å². The number of hydrogen-bond acceptors (Lipinski definition) is 5. The van der Waals surface area contributed by atoms with Gasteiger partial charge in [-0.25, -0.2) is 0 Å². The molecule has 0 saturated heterocycles. The third kappa shape index (κ3) is 5.66. The summed E-state index contributed by atoms with van der Waals surface area (Å²) in [6.45, 7) is 5.92. The van der Waals surface area contributed by atoms with E-state index in [1.165, 1.54) is 11.8 Å². The molecule has 1 heterocycles. The van der Waals surface area contributed by atoms with Crippen molar-refractivity contribution in [2.75, 3.05) is 20.0 Å². The van der Waals surface area contributed by atoms with E-state index < -0.39 is 11.0 Å². The van der Waals surface area contributed by atoms with Gasteiger partial charge in [-0.3, -0.25) is 9.78 Å². The van der Waals surface area contributed by atoms with Crippen LogP contribution in [0.5, 0.6) is 5.75 Å². The summed E-state index contributed by atoms with van der Waals surface area (Å²) in [5, 5.41) is 3.78. The SMILES string of the molecule is C#Cc1cnc2c(C)cc(OC(SC)C(=O)NC(C)(C)C#CCOC)cc2c1. The molecule has 0 aliphatic rings. The first-order chi connectivity index (χ1) is 13.3. The Balaban J connectivity index is 2.21. The fraction of sp³-hybridized carbons (Fsp3) is 0.364. The molecule has 1 amide bonds. The Morgan fingerprint density at radius 1 is 1.39 bits per heavy atom. The standard InChI is InChI=1S/C22H24N2O3S/c1-7-16-12-17-13-18(11-15(2)19(17)23-14-16)27-21(28-6)20(25)24-22(3,4)9-8-10-26-5/h1,11-14,21H,10H2,2-6H3,(H,24,25). The lowest BCUT2D eigenvalue weighted by Gasteiger charge is -2.24. The van der Waals surface area contributed by atoms with E-state index in [-0.39, 0.29) is 5.91 Å². The maximum atomic E-state index is 12.7. The number of fused-ring (bicyclic) bond motifs is 1. The number of amides is 1. The zero-order valence-corrected chi connectivity index (χ0v) is 17.6. The first kappa shape index (κ1) is 21.6. The molecule has 0 radical (unpaired) electrons. The van der Waals surface area contributed by atoms with Gasteiger partial charge in [0.25, 0.3) is 5.91 Å². The molecule has 2 aromatic rings. The second-order valence-corrected chi connectivity index (χ2v) is 7.61. The molecule has 0 fully saturated rings. The zero-order valence-electron chi connectivity index (χ0n) is 16.8. The molecule has 0 aliphatic carbocycles. The van der Waals surface area contributed by atoms with Crippen LogP contribution in [-0.4, -0.2) is 41.8 Å². The highest BCUT2D eigenvalue weighted by atomic mass is 32.2. The van der Waals surface area contributed by atoms with Crippen molar-refractivity contribution < 1.29 is 14.3 Å². The molecule has 0 aliphatic heterocycles. The number of aryl methyl sites for hydroxylation is 1. The average Bonchev–Trinajstić information content (AvgIpc) is 2.65. The number of ether oxygens (including phenoxy) is 2. The summed E-state index contributed by atoms with van der Waals surface area (Å²) in [6, 6.07) is 5.59. The predicted octanol–water partition coefficient (Wildman–Crippen LogP) is 3.14. The van der Waals surface area contributed by atoms with E-state index in [1.807, 2.05) is 45.2 Å². The fourth-order valence-corrected chi connectivity index (χ4v) is 3.08. The number of nitrogens with one attached hydrogen (secondary N) is 1. The van der Waals surface area contributed by atoms with Crippen LogP contribution in [0.3, 0.4) is 0 Å². The first-order valence-electron chi connectivity index (χ1n) is 8.67. The number of methoxy groups -OCH3 is 1.